The molecule has 0 saturated carbocycles. The molecule has 0 aliphatic rings. The van der Waals surface area contributed by atoms with Gasteiger partial charge in [0.15, 0.2) is 0 Å². The molecule has 16 heavy (non-hydrogen) atoms. The van der Waals surface area contributed by atoms with Crippen molar-refractivity contribution < 1.29 is 0 Å². The molecule has 0 aromatic heterocycles. The van der Waals surface area contributed by atoms with E-state index in [2.05, 4.69) is 55.5 Å². The Morgan fingerprint density at radius 3 is 2.00 bits per heavy atom. The molecule has 0 N–H and O–H groups in total. The van der Waals surface area contributed by atoms with E-state index in [9.17, 15) is 0 Å². The first kappa shape index (κ1) is 12.5. The van der Waals surface area contributed by atoms with E-state index < -0.39 is 0 Å². The zero-order chi connectivity index (χ0) is 11.8. The van der Waals surface area contributed by atoms with Gasteiger partial charge in [0.05, 0.1) is 0 Å². The lowest BCUT2D eigenvalue weighted by molar-refractivity contribution is 1.14. The normalized spacial score (nSPS) is 9.19. The molecule has 0 radical (unpaired) electrons. The Morgan fingerprint density at radius 2 is 1.38 bits per heavy atom. The van der Waals surface area contributed by atoms with Gasteiger partial charge < -0.3 is 0 Å². The molecular weight excluding hydrogens is 192 g/mol. The van der Waals surface area contributed by atoms with Gasteiger partial charge in [0, 0.05) is 0 Å². The van der Waals surface area contributed by atoms with E-state index in [-0.39, 0.29) is 0 Å². The van der Waals surface area contributed by atoms with Crippen LogP contribution in [0.25, 0.3) is 11.1 Å². The third-order valence-electron chi connectivity index (χ3n) is 2.44. The Kier molecular flexibility index (Phi) is 5.35. The minimum Gasteiger partial charge on any atom is -0.0683 e. The van der Waals surface area contributed by atoms with Crippen LogP contribution in [0.3, 0.4) is 0 Å². The van der Waals surface area contributed by atoms with Gasteiger partial charge in [-0.05, 0) is 23.1 Å². The first-order valence-corrected chi connectivity index (χ1v) is 6.04. The predicted octanol–water partition coefficient (Wildman–Crippen LogP) is 4.94. The van der Waals surface area contributed by atoms with Crippen LogP contribution in [0.5, 0.6) is 0 Å². The summed E-state index contributed by atoms with van der Waals surface area (Å²) < 4.78 is 0. The maximum absolute atomic E-state index is 2.26. The van der Waals surface area contributed by atoms with Crippen molar-refractivity contribution in [2.24, 2.45) is 0 Å². The van der Waals surface area contributed by atoms with Crippen LogP contribution < -0.4 is 0 Å². The van der Waals surface area contributed by atoms with Gasteiger partial charge in [-0.3, -0.25) is 0 Å². The number of aryl methyl sites for hydroxylation is 1. The first-order chi connectivity index (χ1) is 7.90. The summed E-state index contributed by atoms with van der Waals surface area (Å²) in [7, 11) is 0. The van der Waals surface area contributed by atoms with E-state index in [0.29, 0.717) is 0 Å². The van der Waals surface area contributed by atoms with Gasteiger partial charge in [0.2, 0.25) is 0 Å². The average Bonchev–Trinajstić information content (AvgIpc) is 2.42. The molecule has 0 saturated heterocycles. The second-order valence-electron chi connectivity index (χ2n) is 3.42. The highest BCUT2D eigenvalue weighted by molar-refractivity contribution is 5.63. The van der Waals surface area contributed by atoms with Crippen LogP contribution in [0.15, 0.2) is 54.6 Å². The zero-order valence-corrected chi connectivity index (χ0v) is 10.4. The average molecular weight is 212 g/mol. The van der Waals surface area contributed by atoms with Gasteiger partial charge in [-0.1, -0.05) is 75.4 Å². The molecule has 2 rings (SSSR count). The van der Waals surface area contributed by atoms with E-state index in [4.69, 9.17) is 0 Å². The minimum atomic E-state index is 1.10. The molecule has 2 aromatic rings. The van der Waals surface area contributed by atoms with Crippen LogP contribution in [0.4, 0.5) is 0 Å². The van der Waals surface area contributed by atoms with Crippen LogP contribution in [0, 0.1) is 0 Å². The second kappa shape index (κ2) is 6.84. The molecule has 0 aliphatic carbocycles. The van der Waals surface area contributed by atoms with Crippen molar-refractivity contribution in [3.63, 3.8) is 0 Å². The molecule has 0 aliphatic heterocycles. The summed E-state index contributed by atoms with van der Waals surface area (Å²) in [5.74, 6) is 0. The third-order valence-corrected chi connectivity index (χ3v) is 2.44. The lowest BCUT2D eigenvalue weighted by Crippen LogP contribution is -1.81. The Labute approximate surface area is 99.0 Å². The fourth-order valence-corrected chi connectivity index (χ4v) is 1.60. The van der Waals surface area contributed by atoms with E-state index >= 15 is 0 Å². The lowest BCUT2D eigenvalue weighted by Gasteiger charge is -2.03. The van der Waals surface area contributed by atoms with Crippen LogP contribution in [-0.4, -0.2) is 0 Å². The van der Waals surface area contributed by atoms with E-state index in [1.807, 2.05) is 19.9 Å². The molecule has 2 aromatic carbocycles. The van der Waals surface area contributed by atoms with E-state index in [1.165, 1.54) is 16.7 Å². The largest absolute Gasteiger partial charge is 0.0683 e. The lowest BCUT2D eigenvalue weighted by atomic mass is 10.0. The molecule has 0 fully saturated rings. The van der Waals surface area contributed by atoms with Gasteiger partial charge in [0.25, 0.3) is 0 Å². The molecular formula is C16H20. The molecule has 0 unspecified atom stereocenters. The Morgan fingerprint density at radius 1 is 0.750 bits per heavy atom. The topological polar surface area (TPSA) is 0 Å². The summed E-state index contributed by atoms with van der Waals surface area (Å²) in [5, 5.41) is 0. The minimum absolute atomic E-state index is 1.10. The monoisotopic (exact) mass is 212 g/mol. The molecule has 0 bridgehead atoms. The summed E-state index contributed by atoms with van der Waals surface area (Å²) in [5.41, 5.74) is 4.00. The van der Waals surface area contributed by atoms with E-state index in [0.717, 1.165) is 6.42 Å². The zero-order valence-electron chi connectivity index (χ0n) is 10.4. The maximum atomic E-state index is 2.26. The van der Waals surface area contributed by atoms with Crippen molar-refractivity contribution in [2.45, 2.75) is 27.2 Å². The number of hydrogen-bond donors (Lipinski definition) is 0. The predicted molar refractivity (Wildman–Crippen MR) is 72.6 cm³/mol. The molecule has 0 nitrogen and oxygen atoms in total. The van der Waals surface area contributed by atoms with Crippen molar-refractivity contribution in [3.05, 3.63) is 60.2 Å². The van der Waals surface area contributed by atoms with Crippen molar-refractivity contribution in [2.75, 3.05) is 0 Å². The quantitative estimate of drug-likeness (QED) is 0.661. The molecule has 84 valence electrons. The van der Waals surface area contributed by atoms with Gasteiger partial charge >= 0.3 is 0 Å². The number of hydrogen-bond acceptors (Lipinski definition) is 0. The highest BCUT2D eigenvalue weighted by Gasteiger charge is 1.96. The smallest absolute Gasteiger partial charge is 0.0181 e. The third kappa shape index (κ3) is 3.23. The molecule has 0 spiro atoms. The highest BCUT2D eigenvalue weighted by Crippen LogP contribution is 2.19. The fraction of sp³-hybridized carbons (Fsp3) is 0.250. The van der Waals surface area contributed by atoms with Gasteiger partial charge in [0.1, 0.15) is 0 Å². The number of rotatable bonds is 2. The van der Waals surface area contributed by atoms with Crippen molar-refractivity contribution in [1.29, 1.82) is 0 Å². The van der Waals surface area contributed by atoms with Gasteiger partial charge in [-0.15, -0.1) is 0 Å². The highest BCUT2D eigenvalue weighted by atomic mass is 14.0. The van der Waals surface area contributed by atoms with E-state index in [1.54, 1.807) is 0 Å². The van der Waals surface area contributed by atoms with Crippen LogP contribution in [-0.2, 0) is 6.42 Å². The molecule has 0 atom stereocenters. The van der Waals surface area contributed by atoms with Crippen LogP contribution in [0.1, 0.15) is 26.3 Å². The second-order valence-corrected chi connectivity index (χ2v) is 3.42. The van der Waals surface area contributed by atoms with Crippen molar-refractivity contribution in [1.82, 2.24) is 0 Å². The SMILES string of the molecule is CC.CCc1cccc(-c2ccccc2)c1. The van der Waals surface area contributed by atoms with Crippen molar-refractivity contribution in [3.8, 4) is 11.1 Å². The maximum Gasteiger partial charge on any atom is -0.0181 e. The molecule has 0 amide bonds. The van der Waals surface area contributed by atoms with Crippen molar-refractivity contribution >= 4 is 0 Å². The first-order valence-electron chi connectivity index (χ1n) is 6.04. The number of benzene rings is 2. The van der Waals surface area contributed by atoms with Crippen LogP contribution >= 0.6 is 0 Å². The summed E-state index contributed by atoms with van der Waals surface area (Å²) in [4.78, 5) is 0. The summed E-state index contributed by atoms with van der Waals surface area (Å²) in [6, 6.07) is 19.2. The standard InChI is InChI=1S/C14H14.C2H6/c1-2-12-7-6-10-14(11-12)13-8-4-3-5-9-13;1-2/h3-11H,2H2,1H3;1-2H3. The summed E-state index contributed by atoms with van der Waals surface area (Å²) in [6.07, 6.45) is 1.10. The Hall–Kier alpha value is -1.56. The van der Waals surface area contributed by atoms with Gasteiger partial charge in [-0.25, -0.2) is 0 Å². The fourth-order valence-electron chi connectivity index (χ4n) is 1.60. The molecule has 0 heteroatoms. The summed E-state index contributed by atoms with van der Waals surface area (Å²) in [6.45, 7) is 6.18. The summed E-state index contributed by atoms with van der Waals surface area (Å²) >= 11 is 0. The Bertz CT molecular complexity index is 401. The van der Waals surface area contributed by atoms with Crippen LogP contribution in [0.2, 0.25) is 0 Å². The Balaban J connectivity index is 0.000000606. The molecule has 0 heterocycles. The van der Waals surface area contributed by atoms with Gasteiger partial charge in [-0.2, -0.15) is 0 Å².